The first kappa shape index (κ1) is 19.0. The summed E-state index contributed by atoms with van der Waals surface area (Å²) >= 11 is 0. The van der Waals surface area contributed by atoms with Gasteiger partial charge in [0.1, 0.15) is 17.2 Å². The third kappa shape index (κ3) is 3.69. The van der Waals surface area contributed by atoms with E-state index in [1.807, 2.05) is 0 Å². The normalized spacial score (nSPS) is 14.8. The molecule has 0 amide bonds. The van der Waals surface area contributed by atoms with Crippen molar-refractivity contribution in [3.8, 4) is 5.69 Å². The summed E-state index contributed by atoms with van der Waals surface area (Å²) in [7, 11) is 0. The van der Waals surface area contributed by atoms with Gasteiger partial charge in [0, 0.05) is 30.4 Å². The largest absolute Gasteiger partial charge is 0.477 e. The Morgan fingerprint density at radius 2 is 1.79 bits per heavy atom. The highest BCUT2D eigenvalue weighted by Crippen LogP contribution is 2.25. The van der Waals surface area contributed by atoms with Gasteiger partial charge in [-0.25, -0.2) is 18.6 Å². The lowest BCUT2D eigenvalue weighted by Crippen LogP contribution is -2.40. The zero-order valence-electron chi connectivity index (χ0n) is 15.2. The molecule has 1 aromatic heterocycles. The monoisotopic (exact) mass is 401 g/mol. The van der Waals surface area contributed by atoms with E-state index in [0.29, 0.717) is 37.5 Å². The number of carboxylic acids is 1. The lowest BCUT2D eigenvalue weighted by Gasteiger charge is -2.28. The van der Waals surface area contributed by atoms with E-state index in [4.69, 9.17) is 4.74 Å². The van der Waals surface area contributed by atoms with Gasteiger partial charge in [-0.15, -0.1) is 0 Å². The zero-order chi connectivity index (χ0) is 20.5. The SMILES string of the molecule is O=C(O)c1cn(-c2ccc(F)cc2)c2cc(NN3CCOCC3)c(F)cc2c1=O. The van der Waals surface area contributed by atoms with Crippen LogP contribution < -0.4 is 10.9 Å². The fourth-order valence-electron chi connectivity index (χ4n) is 3.24. The molecule has 3 aromatic rings. The van der Waals surface area contributed by atoms with Crippen LogP contribution in [0.1, 0.15) is 10.4 Å². The number of rotatable bonds is 4. The van der Waals surface area contributed by atoms with Gasteiger partial charge >= 0.3 is 5.97 Å². The molecule has 0 unspecified atom stereocenters. The highest BCUT2D eigenvalue weighted by atomic mass is 19.1. The third-order valence-electron chi connectivity index (χ3n) is 4.72. The van der Waals surface area contributed by atoms with Crippen LogP contribution in [0.3, 0.4) is 0 Å². The molecule has 0 bridgehead atoms. The maximum atomic E-state index is 14.7. The van der Waals surface area contributed by atoms with Gasteiger partial charge in [-0.2, -0.15) is 0 Å². The van der Waals surface area contributed by atoms with Gasteiger partial charge < -0.3 is 19.8 Å². The Balaban J connectivity index is 1.92. The van der Waals surface area contributed by atoms with E-state index >= 15 is 0 Å². The first-order valence-electron chi connectivity index (χ1n) is 8.91. The summed E-state index contributed by atoms with van der Waals surface area (Å²) < 4.78 is 34.7. The van der Waals surface area contributed by atoms with Gasteiger partial charge in [0.05, 0.1) is 24.4 Å². The molecule has 0 spiro atoms. The van der Waals surface area contributed by atoms with E-state index in [1.54, 1.807) is 5.01 Å². The van der Waals surface area contributed by atoms with E-state index in [2.05, 4.69) is 5.43 Å². The maximum absolute atomic E-state index is 14.7. The van der Waals surface area contributed by atoms with Crippen molar-refractivity contribution in [3.63, 3.8) is 0 Å². The van der Waals surface area contributed by atoms with Crippen LogP contribution in [0, 0.1) is 11.6 Å². The number of morpholine rings is 1. The molecule has 1 fully saturated rings. The molecule has 2 heterocycles. The van der Waals surface area contributed by atoms with Crippen LogP contribution in [0.15, 0.2) is 47.4 Å². The predicted octanol–water partition coefficient (Wildman–Crippen LogP) is 2.63. The van der Waals surface area contributed by atoms with Crippen molar-refractivity contribution < 1.29 is 23.4 Å². The number of fused-ring (bicyclic) bond motifs is 1. The van der Waals surface area contributed by atoms with E-state index in [0.717, 1.165) is 12.3 Å². The summed E-state index contributed by atoms with van der Waals surface area (Å²) in [4.78, 5) is 24.1. The van der Waals surface area contributed by atoms with Crippen LogP contribution in [0.25, 0.3) is 16.6 Å². The van der Waals surface area contributed by atoms with Gasteiger partial charge in [0.15, 0.2) is 0 Å². The molecule has 7 nitrogen and oxygen atoms in total. The number of aromatic nitrogens is 1. The Labute approximate surface area is 163 Å². The van der Waals surface area contributed by atoms with Crippen LogP contribution in [0.5, 0.6) is 0 Å². The molecule has 1 aliphatic rings. The molecular formula is C20H17F2N3O4. The average molecular weight is 401 g/mol. The number of halogens is 2. The summed E-state index contributed by atoms with van der Waals surface area (Å²) in [5.41, 5.74) is 2.54. The number of hydrazine groups is 1. The van der Waals surface area contributed by atoms with E-state index in [9.17, 15) is 23.5 Å². The quantitative estimate of drug-likeness (QED) is 0.699. The molecular weight excluding hydrogens is 384 g/mol. The molecule has 2 N–H and O–H groups in total. The Kier molecular flexibility index (Phi) is 4.99. The highest BCUT2D eigenvalue weighted by molar-refractivity contribution is 5.94. The molecule has 0 saturated carbocycles. The first-order valence-corrected chi connectivity index (χ1v) is 8.91. The van der Waals surface area contributed by atoms with Gasteiger partial charge in [-0.1, -0.05) is 0 Å². The summed E-state index contributed by atoms with van der Waals surface area (Å²) in [5, 5.41) is 11.1. The lowest BCUT2D eigenvalue weighted by atomic mass is 10.1. The molecule has 1 aliphatic heterocycles. The number of hydrogen-bond donors (Lipinski definition) is 2. The summed E-state index contributed by atoms with van der Waals surface area (Å²) in [6.07, 6.45) is 1.16. The van der Waals surface area contributed by atoms with Crippen molar-refractivity contribution in [2.45, 2.75) is 0 Å². The smallest absolute Gasteiger partial charge is 0.341 e. The molecule has 0 aliphatic carbocycles. The molecule has 1 saturated heterocycles. The number of nitrogens with one attached hydrogen (secondary N) is 1. The van der Waals surface area contributed by atoms with Gasteiger partial charge in [0.2, 0.25) is 5.43 Å². The average Bonchev–Trinajstić information content (AvgIpc) is 2.71. The number of benzene rings is 2. The Hall–Kier alpha value is -3.30. The third-order valence-corrected chi connectivity index (χ3v) is 4.72. The van der Waals surface area contributed by atoms with Crippen LogP contribution in [0.4, 0.5) is 14.5 Å². The van der Waals surface area contributed by atoms with E-state index in [1.165, 1.54) is 34.9 Å². The summed E-state index contributed by atoms with van der Waals surface area (Å²) in [6, 6.07) is 7.79. The van der Waals surface area contributed by atoms with Crippen molar-refractivity contribution in [3.05, 3.63) is 70.0 Å². The minimum Gasteiger partial charge on any atom is -0.477 e. The van der Waals surface area contributed by atoms with Crippen LogP contribution >= 0.6 is 0 Å². The van der Waals surface area contributed by atoms with Gasteiger partial charge in [-0.3, -0.25) is 4.79 Å². The molecule has 9 heteroatoms. The van der Waals surface area contributed by atoms with Gasteiger partial charge in [0.25, 0.3) is 0 Å². The minimum absolute atomic E-state index is 0.0840. The van der Waals surface area contributed by atoms with Crippen molar-refractivity contribution >= 4 is 22.6 Å². The standard InChI is InChI=1S/C20H17F2N3O4/c21-12-1-3-13(4-2-12)25-11-15(20(27)28)19(26)14-9-16(22)17(10-18(14)25)23-24-5-7-29-8-6-24/h1-4,9-11,23H,5-8H2,(H,27,28). The molecule has 0 radical (unpaired) electrons. The van der Waals surface area contributed by atoms with E-state index in [-0.39, 0.29) is 11.1 Å². The van der Waals surface area contributed by atoms with Crippen molar-refractivity contribution in [1.82, 2.24) is 9.58 Å². The topological polar surface area (TPSA) is 83.8 Å². The molecule has 150 valence electrons. The van der Waals surface area contributed by atoms with Crippen LogP contribution in [-0.2, 0) is 4.74 Å². The number of nitrogens with zero attached hydrogens (tertiary/aromatic N) is 2. The number of pyridine rings is 1. The number of ether oxygens (including phenoxy) is 1. The lowest BCUT2D eigenvalue weighted by molar-refractivity contribution is 0.0495. The van der Waals surface area contributed by atoms with Crippen LogP contribution in [-0.4, -0.2) is 47.0 Å². The second-order valence-corrected chi connectivity index (χ2v) is 6.58. The second kappa shape index (κ2) is 7.61. The number of anilines is 1. The Morgan fingerprint density at radius 3 is 2.45 bits per heavy atom. The summed E-state index contributed by atoms with van der Waals surface area (Å²) in [5.74, 6) is -2.57. The second-order valence-electron chi connectivity index (χ2n) is 6.58. The van der Waals surface area contributed by atoms with Crippen LogP contribution in [0.2, 0.25) is 0 Å². The Morgan fingerprint density at radius 1 is 1.10 bits per heavy atom. The zero-order valence-corrected chi connectivity index (χ0v) is 15.2. The molecule has 0 atom stereocenters. The minimum atomic E-state index is -1.43. The number of hydrogen-bond acceptors (Lipinski definition) is 5. The molecule has 4 rings (SSSR count). The highest BCUT2D eigenvalue weighted by Gasteiger charge is 2.19. The number of aromatic carboxylic acids is 1. The van der Waals surface area contributed by atoms with E-state index < -0.39 is 28.6 Å². The van der Waals surface area contributed by atoms with Crippen molar-refractivity contribution in [2.75, 3.05) is 31.7 Å². The summed E-state index contributed by atoms with van der Waals surface area (Å²) in [6.45, 7) is 2.12. The first-order chi connectivity index (χ1) is 13.9. The molecule has 29 heavy (non-hydrogen) atoms. The Bertz CT molecular complexity index is 1140. The fourth-order valence-corrected chi connectivity index (χ4v) is 3.24. The van der Waals surface area contributed by atoms with Crippen molar-refractivity contribution in [2.24, 2.45) is 0 Å². The maximum Gasteiger partial charge on any atom is 0.341 e. The molecule has 2 aromatic carbocycles. The predicted molar refractivity (Wildman–Crippen MR) is 102 cm³/mol. The van der Waals surface area contributed by atoms with Gasteiger partial charge in [-0.05, 0) is 36.4 Å². The number of carboxylic acid groups (broad SMARTS) is 1. The fraction of sp³-hybridized carbons (Fsp3) is 0.200. The number of carbonyl (C=O) groups is 1. The van der Waals surface area contributed by atoms with Crippen molar-refractivity contribution in [1.29, 1.82) is 0 Å².